The number of nitrogens with one attached hydrogen (secondary N) is 1. The van der Waals surface area contributed by atoms with E-state index in [1.807, 2.05) is 13.0 Å². The summed E-state index contributed by atoms with van der Waals surface area (Å²) in [5, 5.41) is 11.9. The van der Waals surface area contributed by atoms with Gasteiger partial charge in [0.25, 0.3) is 0 Å². The second-order valence-electron chi connectivity index (χ2n) is 6.20. The lowest BCUT2D eigenvalue weighted by Crippen LogP contribution is -2.27. The Balaban J connectivity index is 1.71. The molecule has 1 aromatic carbocycles. The van der Waals surface area contributed by atoms with E-state index in [1.54, 1.807) is 0 Å². The molecule has 3 atom stereocenters. The molecule has 1 N–H and O–H groups in total. The van der Waals surface area contributed by atoms with E-state index in [-0.39, 0.29) is 12.1 Å². The molecule has 1 aliphatic heterocycles. The average Bonchev–Trinajstić information content (AvgIpc) is 3.26. The number of aryl methyl sites for hydroxylation is 1. The Morgan fingerprint density at radius 2 is 2.09 bits per heavy atom. The van der Waals surface area contributed by atoms with Crippen LogP contribution in [0.15, 0.2) is 34.7 Å². The van der Waals surface area contributed by atoms with E-state index in [1.165, 1.54) is 5.56 Å². The van der Waals surface area contributed by atoms with Gasteiger partial charge < -0.3 is 9.15 Å². The topological polar surface area (TPSA) is 60.2 Å². The van der Waals surface area contributed by atoms with E-state index in [9.17, 15) is 0 Å². The third-order valence-electron chi connectivity index (χ3n) is 4.40. The van der Waals surface area contributed by atoms with Gasteiger partial charge in [0.2, 0.25) is 11.8 Å². The van der Waals surface area contributed by atoms with Gasteiger partial charge in [0, 0.05) is 25.7 Å². The summed E-state index contributed by atoms with van der Waals surface area (Å²) in [6, 6.07) is 10.8. The third-order valence-corrected chi connectivity index (χ3v) is 4.40. The fourth-order valence-electron chi connectivity index (χ4n) is 3.05. The molecule has 2 aromatic rings. The molecule has 5 heteroatoms. The monoisotopic (exact) mass is 315 g/mol. The predicted molar refractivity (Wildman–Crippen MR) is 88.0 cm³/mol. The quantitative estimate of drug-likeness (QED) is 0.848. The zero-order valence-corrected chi connectivity index (χ0v) is 13.9. The first-order chi connectivity index (χ1) is 11.3. The van der Waals surface area contributed by atoms with Crippen LogP contribution in [-0.2, 0) is 11.2 Å². The number of hydrogen-bond acceptors (Lipinski definition) is 5. The number of ether oxygens (including phenoxy) is 1. The summed E-state index contributed by atoms with van der Waals surface area (Å²) >= 11 is 0. The van der Waals surface area contributed by atoms with Gasteiger partial charge in [0.1, 0.15) is 0 Å². The van der Waals surface area contributed by atoms with Crippen molar-refractivity contribution in [3.8, 4) is 0 Å². The minimum atomic E-state index is 0.0235. The summed E-state index contributed by atoms with van der Waals surface area (Å²) in [7, 11) is 0. The highest BCUT2D eigenvalue weighted by atomic mass is 16.5. The van der Waals surface area contributed by atoms with Crippen LogP contribution in [0.1, 0.15) is 56.1 Å². The third kappa shape index (κ3) is 4.18. The molecule has 1 saturated heterocycles. The fraction of sp³-hybridized carbons (Fsp3) is 0.556. The number of aromatic nitrogens is 2. The van der Waals surface area contributed by atoms with Crippen LogP contribution in [0.4, 0.5) is 0 Å². The molecule has 1 aliphatic rings. The van der Waals surface area contributed by atoms with Crippen molar-refractivity contribution < 1.29 is 9.15 Å². The number of nitrogens with zero attached hydrogens (tertiary/aromatic N) is 2. The zero-order chi connectivity index (χ0) is 16.1. The average molecular weight is 315 g/mol. The molecule has 2 heterocycles. The molecule has 0 spiro atoms. The Labute approximate surface area is 137 Å². The highest BCUT2D eigenvalue weighted by molar-refractivity contribution is 5.19. The van der Waals surface area contributed by atoms with Gasteiger partial charge >= 0.3 is 0 Å². The summed E-state index contributed by atoms with van der Waals surface area (Å²) in [6.07, 6.45) is 2.96. The van der Waals surface area contributed by atoms with Crippen LogP contribution < -0.4 is 5.32 Å². The molecule has 0 unspecified atom stereocenters. The van der Waals surface area contributed by atoms with Crippen LogP contribution in [0.3, 0.4) is 0 Å². The van der Waals surface area contributed by atoms with Crippen molar-refractivity contribution in [2.24, 2.45) is 5.92 Å². The first kappa shape index (κ1) is 16.1. The van der Waals surface area contributed by atoms with Crippen molar-refractivity contribution in [2.75, 3.05) is 13.2 Å². The molecule has 1 aromatic heterocycles. The van der Waals surface area contributed by atoms with Crippen molar-refractivity contribution in [3.05, 3.63) is 47.7 Å². The van der Waals surface area contributed by atoms with Crippen molar-refractivity contribution in [1.82, 2.24) is 15.5 Å². The fourth-order valence-corrected chi connectivity index (χ4v) is 3.05. The number of benzene rings is 1. The summed E-state index contributed by atoms with van der Waals surface area (Å²) in [5.74, 6) is 1.95. The van der Waals surface area contributed by atoms with Gasteiger partial charge in [-0.3, -0.25) is 5.32 Å². The van der Waals surface area contributed by atoms with E-state index in [2.05, 4.69) is 46.7 Å². The summed E-state index contributed by atoms with van der Waals surface area (Å²) in [5.41, 5.74) is 1.29. The van der Waals surface area contributed by atoms with Crippen LogP contribution in [0.25, 0.3) is 0 Å². The summed E-state index contributed by atoms with van der Waals surface area (Å²) < 4.78 is 11.2. The molecular weight excluding hydrogens is 290 g/mol. The SMILES string of the molecule is CCc1nnc([C@H](C)N[C@@H](C[C@H]2CCOC2)c2ccccc2)o1. The van der Waals surface area contributed by atoms with Gasteiger partial charge in [-0.25, -0.2) is 0 Å². The lowest BCUT2D eigenvalue weighted by atomic mass is 9.93. The van der Waals surface area contributed by atoms with Crippen molar-refractivity contribution >= 4 is 0 Å². The van der Waals surface area contributed by atoms with Crippen LogP contribution in [0, 0.1) is 5.92 Å². The van der Waals surface area contributed by atoms with E-state index in [0.29, 0.717) is 17.7 Å². The highest BCUT2D eigenvalue weighted by Crippen LogP contribution is 2.28. The number of rotatable bonds is 7. The summed E-state index contributed by atoms with van der Waals surface area (Å²) in [6.45, 7) is 5.83. The molecule has 3 rings (SSSR count). The van der Waals surface area contributed by atoms with Gasteiger partial charge in [0.05, 0.1) is 6.04 Å². The van der Waals surface area contributed by atoms with Crippen LogP contribution in [0.2, 0.25) is 0 Å². The van der Waals surface area contributed by atoms with Gasteiger partial charge in [-0.05, 0) is 31.2 Å². The van der Waals surface area contributed by atoms with Crippen molar-refractivity contribution in [2.45, 2.75) is 45.2 Å². The van der Waals surface area contributed by atoms with E-state index >= 15 is 0 Å². The van der Waals surface area contributed by atoms with Gasteiger partial charge in [-0.15, -0.1) is 10.2 Å². The van der Waals surface area contributed by atoms with Gasteiger partial charge in [0.15, 0.2) is 0 Å². The second-order valence-corrected chi connectivity index (χ2v) is 6.20. The Bertz CT molecular complexity index is 593. The maximum absolute atomic E-state index is 5.69. The maximum Gasteiger partial charge on any atom is 0.233 e. The Morgan fingerprint density at radius 1 is 1.26 bits per heavy atom. The molecule has 23 heavy (non-hydrogen) atoms. The van der Waals surface area contributed by atoms with E-state index in [4.69, 9.17) is 9.15 Å². The minimum absolute atomic E-state index is 0.0235. The van der Waals surface area contributed by atoms with E-state index in [0.717, 1.165) is 32.5 Å². The maximum atomic E-state index is 5.69. The van der Waals surface area contributed by atoms with Crippen LogP contribution in [0.5, 0.6) is 0 Å². The molecule has 0 aliphatic carbocycles. The minimum Gasteiger partial charge on any atom is -0.424 e. The van der Waals surface area contributed by atoms with Crippen molar-refractivity contribution in [3.63, 3.8) is 0 Å². The largest absolute Gasteiger partial charge is 0.424 e. The molecule has 0 bridgehead atoms. The van der Waals surface area contributed by atoms with Crippen LogP contribution in [-0.4, -0.2) is 23.4 Å². The Kier molecular flexibility index (Phi) is 5.41. The number of hydrogen-bond donors (Lipinski definition) is 1. The summed E-state index contributed by atoms with van der Waals surface area (Å²) in [4.78, 5) is 0. The van der Waals surface area contributed by atoms with E-state index < -0.39 is 0 Å². The molecule has 0 amide bonds. The zero-order valence-electron chi connectivity index (χ0n) is 13.9. The standard InChI is InChI=1S/C18H25N3O2/c1-3-17-20-21-18(23-17)13(2)19-16(11-14-9-10-22-12-14)15-7-5-4-6-8-15/h4-8,13-14,16,19H,3,9-12H2,1-2H3/t13-,14+,16-/m0/s1. The lowest BCUT2D eigenvalue weighted by molar-refractivity contribution is 0.180. The first-order valence-electron chi connectivity index (χ1n) is 8.47. The molecule has 5 nitrogen and oxygen atoms in total. The molecular formula is C18H25N3O2. The van der Waals surface area contributed by atoms with Gasteiger partial charge in [-0.2, -0.15) is 0 Å². The first-order valence-corrected chi connectivity index (χ1v) is 8.47. The lowest BCUT2D eigenvalue weighted by Gasteiger charge is -2.24. The normalized spacial score (nSPS) is 20.5. The smallest absolute Gasteiger partial charge is 0.233 e. The molecule has 0 saturated carbocycles. The van der Waals surface area contributed by atoms with Crippen molar-refractivity contribution in [1.29, 1.82) is 0 Å². The second kappa shape index (κ2) is 7.70. The Morgan fingerprint density at radius 3 is 2.74 bits per heavy atom. The highest BCUT2D eigenvalue weighted by Gasteiger charge is 2.24. The molecule has 124 valence electrons. The van der Waals surface area contributed by atoms with Gasteiger partial charge in [-0.1, -0.05) is 37.3 Å². The Hall–Kier alpha value is -1.72. The molecule has 1 fully saturated rings. The van der Waals surface area contributed by atoms with Crippen LogP contribution >= 0.6 is 0 Å². The predicted octanol–water partition coefficient (Wildman–Crippen LogP) is 3.45. The molecule has 0 radical (unpaired) electrons.